The first kappa shape index (κ1) is 12.8. The summed E-state index contributed by atoms with van der Waals surface area (Å²) in [5.74, 6) is -0.119. The molecule has 0 aliphatic heterocycles. The molecule has 1 aromatic rings. The molecule has 0 saturated heterocycles. The van der Waals surface area contributed by atoms with Crippen molar-refractivity contribution in [3.63, 3.8) is 0 Å². The van der Waals surface area contributed by atoms with E-state index < -0.39 is 10.0 Å². The van der Waals surface area contributed by atoms with Crippen LogP contribution in [-0.2, 0) is 10.0 Å². The van der Waals surface area contributed by atoms with Crippen LogP contribution >= 0.6 is 0 Å². The van der Waals surface area contributed by atoms with Gasteiger partial charge in [0.2, 0.25) is 10.0 Å². The van der Waals surface area contributed by atoms with Crippen molar-refractivity contribution in [2.24, 2.45) is 0 Å². The largest absolute Gasteiger partial charge is 0.506 e. The van der Waals surface area contributed by atoms with Gasteiger partial charge in [-0.2, -0.15) is 4.31 Å². The van der Waals surface area contributed by atoms with Gasteiger partial charge in [0.15, 0.2) is 0 Å². The molecule has 0 bridgehead atoms. The van der Waals surface area contributed by atoms with Crippen molar-refractivity contribution in [3.8, 4) is 5.75 Å². The van der Waals surface area contributed by atoms with Crippen molar-refractivity contribution in [3.05, 3.63) is 18.2 Å². The summed E-state index contributed by atoms with van der Waals surface area (Å²) >= 11 is 0. The maximum atomic E-state index is 12.0. The molecule has 0 aliphatic carbocycles. The van der Waals surface area contributed by atoms with Crippen LogP contribution in [0, 0.1) is 0 Å². The van der Waals surface area contributed by atoms with Gasteiger partial charge in [0.25, 0.3) is 0 Å². The molecule has 0 radical (unpaired) electrons. The summed E-state index contributed by atoms with van der Waals surface area (Å²) in [6.07, 6.45) is 0. The van der Waals surface area contributed by atoms with Crippen LogP contribution in [0.4, 0.5) is 5.69 Å². The van der Waals surface area contributed by atoms with Gasteiger partial charge in [-0.3, -0.25) is 0 Å². The topological polar surface area (TPSA) is 83.6 Å². The lowest BCUT2D eigenvalue weighted by Crippen LogP contribution is -2.33. The molecule has 0 aromatic heterocycles. The van der Waals surface area contributed by atoms with Gasteiger partial charge in [0, 0.05) is 13.1 Å². The highest BCUT2D eigenvalue weighted by molar-refractivity contribution is 7.89. The third kappa shape index (κ3) is 2.28. The molecule has 6 heteroatoms. The lowest BCUT2D eigenvalue weighted by atomic mass is 10.3. The molecule has 0 atom stereocenters. The maximum absolute atomic E-state index is 12.0. The first-order valence-electron chi connectivity index (χ1n) is 4.83. The van der Waals surface area contributed by atoms with Crippen molar-refractivity contribution in [1.82, 2.24) is 4.31 Å². The summed E-state index contributed by atoms with van der Waals surface area (Å²) in [6, 6.07) is 3.72. The smallest absolute Gasteiger partial charge is 0.243 e. The quantitative estimate of drug-likeness (QED) is 0.614. The van der Waals surface area contributed by atoms with E-state index in [-0.39, 0.29) is 22.4 Å². The van der Waals surface area contributed by atoms with E-state index in [9.17, 15) is 13.5 Å². The zero-order chi connectivity index (χ0) is 12.5. The summed E-state index contributed by atoms with van der Waals surface area (Å²) in [7, 11) is -2.03. The normalized spacial score (nSPS) is 12.3. The molecule has 0 saturated carbocycles. The Bertz CT molecular complexity index is 483. The number of benzene rings is 1. The second-order valence-corrected chi connectivity index (χ2v) is 5.83. The number of phenolic OH excluding ortho intramolecular Hbond substituents is 1. The van der Waals surface area contributed by atoms with Crippen LogP contribution in [0.2, 0.25) is 0 Å². The predicted molar refractivity (Wildman–Crippen MR) is 62.6 cm³/mol. The zero-order valence-electron chi connectivity index (χ0n) is 9.51. The Balaban J connectivity index is 3.23. The second-order valence-electron chi connectivity index (χ2n) is 3.84. The minimum atomic E-state index is -3.54. The average Bonchev–Trinajstić information content (AvgIpc) is 2.20. The van der Waals surface area contributed by atoms with Gasteiger partial charge in [-0.05, 0) is 32.0 Å². The Morgan fingerprint density at radius 2 is 1.94 bits per heavy atom. The Kier molecular flexibility index (Phi) is 3.44. The number of nitrogens with zero attached hydrogens (tertiary/aromatic N) is 1. The van der Waals surface area contributed by atoms with Crippen LogP contribution in [0.3, 0.4) is 0 Å². The van der Waals surface area contributed by atoms with Crippen LogP contribution in [0.5, 0.6) is 5.75 Å². The van der Waals surface area contributed by atoms with Gasteiger partial charge in [-0.25, -0.2) is 8.42 Å². The Hall–Kier alpha value is -1.27. The molecule has 3 N–H and O–H groups in total. The fourth-order valence-corrected chi connectivity index (χ4v) is 2.54. The Morgan fingerprint density at radius 1 is 1.38 bits per heavy atom. The van der Waals surface area contributed by atoms with E-state index in [2.05, 4.69) is 0 Å². The SMILES string of the molecule is CC(C)N(C)S(=O)(=O)c1ccc(O)c(N)c1. The number of hydrogen-bond acceptors (Lipinski definition) is 4. The van der Waals surface area contributed by atoms with Gasteiger partial charge in [-0.1, -0.05) is 0 Å². The van der Waals surface area contributed by atoms with Crippen LogP contribution in [-0.4, -0.2) is 30.9 Å². The summed E-state index contributed by atoms with van der Waals surface area (Å²) in [6.45, 7) is 3.56. The molecule has 0 aliphatic rings. The first-order valence-corrected chi connectivity index (χ1v) is 6.27. The first-order chi connectivity index (χ1) is 7.26. The maximum Gasteiger partial charge on any atom is 0.243 e. The standard InChI is InChI=1S/C10H16N2O3S/c1-7(2)12(3)16(14,15)8-4-5-10(13)9(11)6-8/h4-7,13H,11H2,1-3H3. The minimum absolute atomic E-state index is 0.0539. The van der Waals surface area contributed by atoms with E-state index >= 15 is 0 Å². The zero-order valence-corrected chi connectivity index (χ0v) is 10.3. The summed E-state index contributed by atoms with van der Waals surface area (Å²) in [4.78, 5) is 0.0824. The third-order valence-corrected chi connectivity index (χ3v) is 4.43. The van der Waals surface area contributed by atoms with Crippen molar-refractivity contribution < 1.29 is 13.5 Å². The van der Waals surface area contributed by atoms with Gasteiger partial charge in [0.05, 0.1) is 10.6 Å². The highest BCUT2D eigenvalue weighted by atomic mass is 32.2. The molecule has 1 aromatic carbocycles. The van der Waals surface area contributed by atoms with Crippen LogP contribution in [0.1, 0.15) is 13.8 Å². The van der Waals surface area contributed by atoms with Crippen LogP contribution < -0.4 is 5.73 Å². The van der Waals surface area contributed by atoms with Gasteiger partial charge < -0.3 is 10.8 Å². The van der Waals surface area contributed by atoms with E-state index in [4.69, 9.17) is 5.73 Å². The van der Waals surface area contributed by atoms with Crippen LogP contribution in [0.15, 0.2) is 23.1 Å². The van der Waals surface area contributed by atoms with Crippen LogP contribution in [0.25, 0.3) is 0 Å². The number of phenols is 1. The molecule has 0 heterocycles. The highest BCUT2D eigenvalue weighted by Gasteiger charge is 2.23. The number of nitrogen functional groups attached to an aromatic ring is 1. The molecule has 1 rings (SSSR count). The second kappa shape index (κ2) is 4.31. The van der Waals surface area contributed by atoms with Crippen molar-refractivity contribution in [1.29, 1.82) is 0 Å². The molecule has 16 heavy (non-hydrogen) atoms. The van der Waals surface area contributed by atoms with E-state index in [1.165, 1.54) is 29.6 Å². The van der Waals surface area contributed by atoms with Gasteiger partial charge in [0.1, 0.15) is 5.75 Å². The van der Waals surface area contributed by atoms with E-state index in [0.29, 0.717) is 0 Å². The molecule has 0 spiro atoms. The Morgan fingerprint density at radius 3 is 2.38 bits per heavy atom. The molecule has 5 nitrogen and oxygen atoms in total. The predicted octanol–water partition coefficient (Wildman–Crippen LogP) is 1.00. The van der Waals surface area contributed by atoms with Gasteiger partial charge in [-0.15, -0.1) is 0 Å². The van der Waals surface area contributed by atoms with Gasteiger partial charge >= 0.3 is 0 Å². The summed E-state index contributed by atoms with van der Waals surface area (Å²) in [5.41, 5.74) is 5.51. The number of rotatable bonds is 3. The molecular formula is C10H16N2O3S. The molecule has 90 valence electrons. The summed E-state index contributed by atoms with van der Waals surface area (Å²) in [5, 5.41) is 9.22. The molecule has 0 amide bonds. The number of aromatic hydroxyl groups is 1. The van der Waals surface area contributed by atoms with Crippen molar-refractivity contribution in [2.45, 2.75) is 24.8 Å². The van der Waals surface area contributed by atoms with Crippen molar-refractivity contribution >= 4 is 15.7 Å². The molecule has 0 unspecified atom stereocenters. The monoisotopic (exact) mass is 244 g/mol. The van der Waals surface area contributed by atoms with E-state index in [0.717, 1.165) is 0 Å². The number of hydrogen-bond donors (Lipinski definition) is 2. The highest BCUT2D eigenvalue weighted by Crippen LogP contribution is 2.25. The fraction of sp³-hybridized carbons (Fsp3) is 0.400. The lowest BCUT2D eigenvalue weighted by molar-refractivity contribution is 0.410. The number of anilines is 1. The average molecular weight is 244 g/mol. The number of nitrogens with two attached hydrogens (primary N) is 1. The lowest BCUT2D eigenvalue weighted by Gasteiger charge is -2.21. The molecular weight excluding hydrogens is 228 g/mol. The Labute approximate surface area is 95.5 Å². The van der Waals surface area contributed by atoms with E-state index in [1.807, 2.05) is 0 Å². The van der Waals surface area contributed by atoms with E-state index in [1.54, 1.807) is 13.8 Å². The fourth-order valence-electron chi connectivity index (χ4n) is 1.14. The minimum Gasteiger partial charge on any atom is -0.506 e. The number of sulfonamides is 1. The molecule has 0 fully saturated rings. The van der Waals surface area contributed by atoms with Crippen molar-refractivity contribution in [2.75, 3.05) is 12.8 Å². The summed E-state index contributed by atoms with van der Waals surface area (Å²) < 4.78 is 25.3. The third-order valence-electron chi connectivity index (χ3n) is 2.40.